The number of aliphatic hydroxyl groups excluding tert-OH is 2. The van der Waals surface area contributed by atoms with Crippen LogP contribution < -0.4 is 0 Å². The molecule has 0 amide bonds. The molecule has 6 nitrogen and oxygen atoms in total. The van der Waals surface area contributed by atoms with E-state index in [-0.39, 0.29) is 0 Å². The molecule has 3 N–H and O–H groups in total. The molecular weight excluding hydrogens is 280 g/mol. The summed E-state index contributed by atoms with van der Waals surface area (Å²) >= 11 is 4.02. The van der Waals surface area contributed by atoms with E-state index in [0.29, 0.717) is 34.2 Å². The van der Waals surface area contributed by atoms with Gasteiger partial charge in [-0.15, -0.1) is 0 Å². The third-order valence-corrected chi connectivity index (χ3v) is 3.38. The molecule has 0 saturated heterocycles. The second-order valence-corrected chi connectivity index (χ2v) is 4.86. The van der Waals surface area contributed by atoms with Gasteiger partial charge in [0.15, 0.2) is 0 Å². The Morgan fingerprint density at radius 1 is 1.50 bits per heavy atom. The van der Waals surface area contributed by atoms with E-state index >= 15 is 0 Å². The number of nitrogens with one attached hydrogen (secondary N) is 1. The van der Waals surface area contributed by atoms with E-state index in [1.165, 1.54) is 19.4 Å². The van der Waals surface area contributed by atoms with Crippen LogP contribution in [0.3, 0.4) is 0 Å². The lowest BCUT2D eigenvalue weighted by atomic mass is 9.98. The predicted molar refractivity (Wildman–Crippen MR) is 76.9 cm³/mol. The number of esters is 1. The van der Waals surface area contributed by atoms with Gasteiger partial charge in [0, 0.05) is 5.39 Å². The molecule has 0 aliphatic heterocycles. The summed E-state index contributed by atoms with van der Waals surface area (Å²) in [6.45, 7) is 0. The van der Waals surface area contributed by atoms with Gasteiger partial charge in [-0.2, -0.15) is 17.7 Å². The molecule has 0 aliphatic rings. The predicted octanol–water partition coefficient (Wildman–Crippen LogP) is 1.06. The molecule has 2 rings (SSSR count). The van der Waals surface area contributed by atoms with Crippen LogP contribution in [0.15, 0.2) is 18.3 Å². The average molecular weight is 296 g/mol. The Balaban J connectivity index is 2.46. The Morgan fingerprint density at radius 3 is 2.90 bits per heavy atom. The lowest BCUT2D eigenvalue weighted by molar-refractivity contribution is 0.0172. The van der Waals surface area contributed by atoms with E-state index in [4.69, 9.17) is 4.74 Å². The van der Waals surface area contributed by atoms with E-state index < -0.39 is 18.2 Å². The van der Waals surface area contributed by atoms with Gasteiger partial charge in [-0.3, -0.25) is 5.10 Å². The van der Waals surface area contributed by atoms with Gasteiger partial charge in [0.1, 0.15) is 6.10 Å². The van der Waals surface area contributed by atoms with E-state index in [9.17, 15) is 15.0 Å². The van der Waals surface area contributed by atoms with Gasteiger partial charge in [0.25, 0.3) is 0 Å². The Morgan fingerprint density at radius 2 is 2.25 bits per heavy atom. The Kier molecular flexibility index (Phi) is 4.64. The number of aliphatic hydroxyl groups is 2. The van der Waals surface area contributed by atoms with Crippen molar-refractivity contribution in [3.8, 4) is 0 Å². The Labute approximate surface area is 121 Å². The first-order valence-corrected chi connectivity index (χ1v) is 6.74. The molecule has 0 bridgehead atoms. The smallest absolute Gasteiger partial charge is 0.338 e. The maximum absolute atomic E-state index is 11.8. The normalized spacial score (nSPS) is 14.2. The first-order chi connectivity index (χ1) is 9.58. The van der Waals surface area contributed by atoms with Crippen LogP contribution in [-0.4, -0.2) is 45.3 Å². The summed E-state index contributed by atoms with van der Waals surface area (Å²) in [4.78, 5) is 11.8. The van der Waals surface area contributed by atoms with Gasteiger partial charge < -0.3 is 14.9 Å². The molecular formula is C13H16N2O4S. The fourth-order valence-corrected chi connectivity index (χ4v) is 2.30. The summed E-state index contributed by atoms with van der Waals surface area (Å²) < 4.78 is 4.72. The van der Waals surface area contributed by atoms with Crippen LogP contribution in [0.1, 0.15) is 28.4 Å². The lowest BCUT2D eigenvalue weighted by Gasteiger charge is -2.18. The average Bonchev–Trinajstić information content (AvgIpc) is 2.93. The highest BCUT2D eigenvalue weighted by Crippen LogP contribution is 2.26. The molecule has 2 aromatic rings. The van der Waals surface area contributed by atoms with Gasteiger partial charge in [-0.05, 0) is 29.9 Å². The maximum Gasteiger partial charge on any atom is 0.338 e. The van der Waals surface area contributed by atoms with Crippen molar-refractivity contribution in [1.82, 2.24) is 10.2 Å². The summed E-state index contributed by atoms with van der Waals surface area (Å²) in [6, 6.07) is 3.16. The summed E-state index contributed by atoms with van der Waals surface area (Å²) in [5, 5.41) is 27.2. The standard InChI is InChI=1S/C13H16N2O4S/c1-19-13(18)8-4-7(12(17)11(16)2-3-20)5-10-9(8)6-14-15-10/h4-6,11-12,16-17,20H,2-3H2,1H3,(H,14,15). The third-order valence-electron chi connectivity index (χ3n) is 3.12. The van der Waals surface area contributed by atoms with Crippen LogP contribution in [0, 0.1) is 0 Å². The van der Waals surface area contributed by atoms with Crippen molar-refractivity contribution in [2.45, 2.75) is 18.6 Å². The Hall–Kier alpha value is -1.57. The lowest BCUT2D eigenvalue weighted by Crippen LogP contribution is -2.19. The molecule has 1 aromatic heterocycles. The number of rotatable bonds is 5. The number of H-pyrrole nitrogens is 1. The van der Waals surface area contributed by atoms with Crippen LogP contribution in [0.4, 0.5) is 0 Å². The van der Waals surface area contributed by atoms with E-state index in [2.05, 4.69) is 22.8 Å². The summed E-state index contributed by atoms with van der Waals surface area (Å²) in [7, 11) is 1.28. The number of nitrogens with zero attached hydrogens (tertiary/aromatic N) is 1. The number of benzene rings is 1. The first-order valence-electron chi connectivity index (χ1n) is 6.10. The first kappa shape index (κ1) is 14.8. The van der Waals surface area contributed by atoms with Crippen molar-refractivity contribution >= 4 is 29.5 Å². The molecule has 0 aliphatic carbocycles. The van der Waals surface area contributed by atoms with Crippen molar-refractivity contribution < 1.29 is 19.7 Å². The Bertz CT molecular complexity index is 613. The molecule has 2 unspecified atom stereocenters. The van der Waals surface area contributed by atoms with Crippen molar-refractivity contribution in [2.24, 2.45) is 0 Å². The topological polar surface area (TPSA) is 95.4 Å². The molecule has 20 heavy (non-hydrogen) atoms. The molecule has 108 valence electrons. The van der Waals surface area contributed by atoms with Crippen molar-refractivity contribution in [3.63, 3.8) is 0 Å². The molecule has 7 heteroatoms. The molecule has 0 spiro atoms. The van der Waals surface area contributed by atoms with Gasteiger partial charge in [0.2, 0.25) is 0 Å². The monoisotopic (exact) mass is 296 g/mol. The van der Waals surface area contributed by atoms with E-state index in [1.54, 1.807) is 6.07 Å². The molecule has 0 saturated carbocycles. The number of aromatic nitrogens is 2. The summed E-state index contributed by atoms with van der Waals surface area (Å²) in [5.41, 5.74) is 1.32. The SMILES string of the molecule is COC(=O)c1cc(C(O)C(O)CCS)cc2[nH]ncc12. The highest BCUT2D eigenvalue weighted by molar-refractivity contribution is 7.80. The number of hydrogen-bond acceptors (Lipinski definition) is 6. The van der Waals surface area contributed by atoms with Crippen molar-refractivity contribution in [1.29, 1.82) is 0 Å². The van der Waals surface area contributed by atoms with Crippen molar-refractivity contribution in [3.05, 3.63) is 29.5 Å². The molecule has 1 aromatic carbocycles. The van der Waals surface area contributed by atoms with E-state index in [1.807, 2.05) is 0 Å². The second-order valence-electron chi connectivity index (χ2n) is 4.42. The highest BCUT2D eigenvalue weighted by Gasteiger charge is 2.21. The minimum atomic E-state index is -1.10. The fraction of sp³-hybridized carbons (Fsp3) is 0.385. The largest absolute Gasteiger partial charge is 0.465 e. The quantitative estimate of drug-likeness (QED) is 0.489. The summed E-state index contributed by atoms with van der Waals surface area (Å²) in [6.07, 6.45) is -0.183. The maximum atomic E-state index is 11.8. The zero-order valence-electron chi connectivity index (χ0n) is 10.9. The molecule has 1 heterocycles. The number of fused-ring (bicyclic) bond motifs is 1. The number of hydrogen-bond donors (Lipinski definition) is 4. The minimum Gasteiger partial charge on any atom is -0.465 e. The number of aromatic amines is 1. The van der Waals surface area contributed by atoms with Crippen LogP contribution in [0.2, 0.25) is 0 Å². The minimum absolute atomic E-state index is 0.297. The highest BCUT2D eigenvalue weighted by atomic mass is 32.1. The molecule has 2 atom stereocenters. The van der Waals surface area contributed by atoms with Gasteiger partial charge >= 0.3 is 5.97 Å². The number of carbonyl (C=O) groups is 1. The van der Waals surface area contributed by atoms with Crippen molar-refractivity contribution in [2.75, 3.05) is 12.9 Å². The number of ether oxygens (including phenoxy) is 1. The third kappa shape index (κ3) is 2.79. The zero-order valence-corrected chi connectivity index (χ0v) is 11.8. The van der Waals surface area contributed by atoms with Crippen LogP contribution in [-0.2, 0) is 4.74 Å². The van der Waals surface area contributed by atoms with Gasteiger partial charge in [-0.1, -0.05) is 0 Å². The fourth-order valence-electron chi connectivity index (χ4n) is 2.04. The number of methoxy groups -OCH3 is 1. The summed E-state index contributed by atoms with van der Waals surface area (Å²) in [5.74, 6) is -0.0666. The number of carbonyl (C=O) groups excluding carboxylic acids is 1. The van der Waals surface area contributed by atoms with Crippen LogP contribution in [0.5, 0.6) is 0 Å². The van der Waals surface area contributed by atoms with Gasteiger partial charge in [-0.25, -0.2) is 4.79 Å². The zero-order chi connectivity index (χ0) is 14.7. The van der Waals surface area contributed by atoms with Crippen LogP contribution >= 0.6 is 12.6 Å². The second kappa shape index (κ2) is 6.25. The van der Waals surface area contributed by atoms with Gasteiger partial charge in [0.05, 0.1) is 30.5 Å². The number of thiol groups is 1. The molecule has 0 fully saturated rings. The van der Waals surface area contributed by atoms with E-state index in [0.717, 1.165) is 0 Å². The molecule has 0 radical (unpaired) electrons. The van der Waals surface area contributed by atoms with Crippen LogP contribution in [0.25, 0.3) is 10.9 Å².